The van der Waals surface area contributed by atoms with Crippen molar-refractivity contribution < 1.29 is 43.8 Å². The maximum absolute atomic E-state index is 14.0. The number of benzene rings is 2. The van der Waals surface area contributed by atoms with Crippen molar-refractivity contribution in [1.29, 1.82) is 0 Å². The molecule has 6 atom stereocenters. The summed E-state index contributed by atoms with van der Waals surface area (Å²) in [6.45, 7) is 0.123. The number of nitrogens with two attached hydrogens (primary N) is 1. The summed E-state index contributed by atoms with van der Waals surface area (Å²) in [5, 5.41) is 23.9. The number of amides is 1. The summed E-state index contributed by atoms with van der Waals surface area (Å²) in [6, 6.07) is 9.07. The van der Waals surface area contributed by atoms with Gasteiger partial charge >= 0.3 is 0 Å². The van der Waals surface area contributed by atoms with Crippen LogP contribution in [0.3, 0.4) is 0 Å². The zero-order chi connectivity index (χ0) is 32.2. The number of ketones is 5. The number of likely N-dealkylation sites (N-methyl/N-ethyl adjacent to an activating group) is 2. The van der Waals surface area contributed by atoms with Crippen LogP contribution in [-0.2, 0) is 41.7 Å². The first-order valence-corrected chi connectivity index (χ1v) is 14.3. The van der Waals surface area contributed by atoms with Gasteiger partial charge in [-0.3, -0.25) is 33.7 Å². The predicted octanol–water partition coefficient (Wildman–Crippen LogP) is 0.139. The van der Waals surface area contributed by atoms with Gasteiger partial charge in [0, 0.05) is 19.4 Å². The van der Waals surface area contributed by atoms with Crippen molar-refractivity contribution in [3.05, 3.63) is 53.1 Å². The van der Waals surface area contributed by atoms with Gasteiger partial charge < -0.3 is 20.8 Å². The number of hydroxylamine groups is 2. The third-order valence-electron chi connectivity index (χ3n) is 9.32. The van der Waals surface area contributed by atoms with E-state index in [2.05, 4.69) is 0 Å². The molecule has 2 aromatic rings. The summed E-state index contributed by atoms with van der Waals surface area (Å²) >= 11 is 0. The quantitative estimate of drug-likeness (QED) is 0.275. The van der Waals surface area contributed by atoms with Crippen molar-refractivity contribution in [2.45, 2.75) is 30.9 Å². The highest BCUT2D eigenvalue weighted by Gasteiger charge is 2.69. The van der Waals surface area contributed by atoms with Gasteiger partial charge in [0.05, 0.1) is 31.2 Å². The van der Waals surface area contributed by atoms with Crippen molar-refractivity contribution in [3.63, 3.8) is 0 Å². The maximum atomic E-state index is 14.0. The fourth-order valence-corrected chi connectivity index (χ4v) is 7.27. The number of carbonyl (C=O) groups excluding carboxylic acids is 6. The minimum absolute atomic E-state index is 0.0318. The van der Waals surface area contributed by atoms with E-state index in [1.54, 1.807) is 37.4 Å². The lowest BCUT2D eigenvalue weighted by Crippen LogP contribution is -2.74. The molecular weight excluding hydrogens is 570 g/mol. The average Bonchev–Trinajstić information content (AvgIpc) is 2.95. The summed E-state index contributed by atoms with van der Waals surface area (Å²) in [5.41, 5.74) is 5.16. The zero-order valence-corrected chi connectivity index (χ0v) is 24.9. The number of fused-ring (bicyclic) bond motifs is 3. The van der Waals surface area contributed by atoms with Crippen molar-refractivity contribution in [3.8, 4) is 16.9 Å². The van der Waals surface area contributed by atoms with Crippen LogP contribution in [0.5, 0.6) is 5.75 Å². The van der Waals surface area contributed by atoms with Gasteiger partial charge in [-0.25, -0.2) is 0 Å². The van der Waals surface area contributed by atoms with E-state index in [-0.39, 0.29) is 42.9 Å². The van der Waals surface area contributed by atoms with E-state index in [1.807, 2.05) is 0 Å². The number of aromatic hydroxyl groups is 1. The minimum atomic E-state index is -2.77. The van der Waals surface area contributed by atoms with Crippen LogP contribution in [0.25, 0.3) is 11.1 Å². The third kappa shape index (κ3) is 4.87. The Morgan fingerprint density at radius 3 is 2.27 bits per heavy atom. The first kappa shape index (κ1) is 31.3. The van der Waals surface area contributed by atoms with Gasteiger partial charge in [-0.2, -0.15) is 5.06 Å². The molecule has 0 aliphatic heterocycles. The molecule has 3 aliphatic carbocycles. The standard InChI is InChI=1S/C32H35N3O9/c1-34(2)26-21-13-17-12-20-19(16-7-5-15(6-8-16)11-18(36)14-35(3)44-4)9-10-22(37)24(20)27(38)23(17)29(40)32(21,43)30(41)25(28(26)39)31(33)42/h5-10,17,21,23,25-26,37,43H,11-14H2,1-4H3,(H2,33,42). The fraction of sp³-hybridized carbons (Fsp3) is 0.438. The van der Waals surface area contributed by atoms with Crippen molar-refractivity contribution in [2.24, 2.45) is 29.4 Å². The smallest absolute Gasteiger partial charge is 0.235 e. The monoisotopic (exact) mass is 605 g/mol. The first-order chi connectivity index (χ1) is 20.7. The summed E-state index contributed by atoms with van der Waals surface area (Å²) in [5.74, 6) is -10.9. The molecule has 3 aliphatic rings. The molecule has 0 bridgehead atoms. The normalized spacial score (nSPS) is 28.1. The molecule has 4 N–H and O–H groups in total. The van der Waals surface area contributed by atoms with Gasteiger partial charge in [0.15, 0.2) is 40.4 Å². The Morgan fingerprint density at radius 1 is 1.02 bits per heavy atom. The number of hydrogen-bond donors (Lipinski definition) is 3. The molecule has 0 aromatic heterocycles. The van der Waals surface area contributed by atoms with Gasteiger partial charge in [0.2, 0.25) is 5.91 Å². The number of aliphatic hydroxyl groups is 1. The lowest BCUT2D eigenvalue weighted by atomic mass is 9.52. The van der Waals surface area contributed by atoms with Crippen LogP contribution in [0.15, 0.2) is 36.4 Å². The Labute approximate surface area is 253 Å². The number of primary amides is 1. The van der Waals surface area contributed by atoms with Crippen LogP contribution in [0.1, 0.15) is 27.9 Å². The van der Waals surface area contributed by atoms with E-state index in [1.165, 1.54) is 37.2 Å². The molecule has 0 heterocycles. The van der Waals surface area contributed by atoms with Crippen LogP contribution in [-0.4, -0.2) is 101 Å². The van der Waals surface area contributed by atoms with E-state index < -0.39 is 64.4 Å². The van der Waals surface area contributed by atoms with Crippen LogP contribution in [0.2, 0.25) is 0 Å². The highest BCUT2D eigenvalue weighted by atomic mass is 16.7. The lowest BCUT2D eigenvalue weighted by molar-refractivity contribution is -0.181. The molecule has 2 fully saturated rings. The number of phenols is 1. The van der Waals surface area contributed by atoms with Crippen molar-refractivity contribution in [1.82, 2.24) is 9.96 Å². The molecule has 6 unspecified atom stereocenters. The molecule has 232 valence electrons. The second kappa shape index (κ2) is 11.4. The van der Waals surface area contributed by atoms with E-state index in [4.69, 9.17) is 10.6 Å². The summed E-state index contributed by atoms with van der Waals surface area (Å²) in [6.07, 6.45) is 0.312. The molecule has 0 saturated heterocycles. The number of hydrogen-bond acceptors (Lipinski definition) is 11. The molecule has 0 spiro atoms. The summed E-state index contributed by atoms with van der Waals surface area (Å²) in [4.78, 5) is 85.5. The number of rotatable bonds is 8. The largest absolute Gasteiger partial charge is 0.507 e. The summed E-state index contributed by atoms with van der Waals surface area (Å²) < 4.78 is 0. The van der Waals surface area contributed by atoms with E-state index in [9.17, 15) is 39.0 Å². The van der Waals surface area contributed by atoms with Crippen LogP contribution in [0, 0.1) is 23.7 Å². The Kier molecular flexibility index (Phi) is 8.14. The van der Waals surface area contributed by atoms with E-state index >= 15 is 0 Å². The van der Waals surface area contributed by atoms with Crippen molar-refractivity contribution in [2.75, 3.05) is 34.8 Å². The fourth-order valence-electron chi connectivity index (χ4n) is 7.27. The zero-order valence-electron chi connectivity index (χ0n) is 24.9. The number of phenolic OH excluding ortho intramolecular Hbond substituents is 1. The molecule has 5 rings (SSSR count). The van der Waals surface area contributed by atoms with Crippen molar-refractivity contribution >= 4 is 34.8 Å². The maximum Gasteiger partial charge on any atom is 0.235 e. The van der Waals surface area contributed by atoms with Crippen LogP contribution >= 0.6 is 0 Å². The van der Waals surface area contributed by atoms with Crippen LogP contribution in [0.4, 0.5) is 0 Å². The highest BCUT2D eigenvalue weighted by molar-refractivity contribution is 6.32. The van der Waals surface area contributed by atoms with Gasteiger partial charge in [-0.15, -0.1) is 0 Å². The molecular formula is C32H35N3O9. The summed E-state index contributed by atoms with van der Waals surface area (Å²) in [7, 11) is 6.21. The molecule has 12 nitrogen and oxygen atoms in total. The Bertz CT molecular complexity index is 1580. The predicted molar refractivity (Wildman–Crippen MR) is 155 cm³/mol. The molecule has 2 aromatic carbocycles. The minimum Gasteiger partial charge on any atom is -0.507 e. The Balaban J connectivity index is 1.52. The van der Waals surface area contributed by atoms with Crippen LogP contribution < -0.4 is 5.73 Å². The van der Waals surface area contributed by atoms with Gasteiger partial charge in [-0.1, -0.05) is 30.3 Å². The number of nitrogens with zero attached hydrogens (tertiary/aromatic N) is 2. The average molecular weight is 606 g/mol. The number of carbonyl (C=O) groups is 6. The number of Topliss-reactive ketones (excluding diaryl/α,β-unsaturated/α-hetero) is 5. The topological polar surface area (TPSA) is 185 Å². The molecule has 44 heavy (non-hydrogen) atoms. The SMILES string of the molecule is CON(C)CC(=O)Cc1ccc(-c2ccc(O)c3c2CC2CC4C(N(C)C)C(=O)C(C(N)=O)C(=O)C4(O)C(=O)C2C3=O)cc1. The Morgan fingerprint density at radius 2 is 1.68 bits per heavy atom. The molecule has 12 heteroatoms. The second-order valence-corrected chi connectivity index (χ2v) is 12.2. The first-order valence-electron chi connectivity index (χ1n) is 14.3. The van der Waals surface area contributed by atoms with Gasteiger partial charge in [-0.05, 0) is 61.2 Å². The molecule has 1 amide bonds. The third-order valence-corrected chi connectivity index (χ3v) is 9.32. The molecule has 2 saturated carbocycles. The lowest BCUT2D eigenvalue weighted by Gasteiger charge is -2.52. The molecule has 0 radical (unpaired) electrons. The van der Waals surface area contributed by atoms with E-state index in [0.717, 1.165) is 11.1 Å². The Hall–Kier alpha value is -4.10. The highest BCUT2D eigenvalue weighted by Crippen LogP contribution is 2.51. The van der Waals surface area contributed by atoms with Gasteiger partial charge in [0.1, 0.15) is 5.75 Å². The van der Waals surface area contributed by atoms with Gasteiger partial charge in [0.25, 0.3) is 0 Å². The second-order valence-electron chi connectivity index (χ2n) is 12.2. The van der Waals surface area contributed by atoms with E-state index in [0.29, 0.717) is 11.1 Å².